The van der Waals surface area contributed by atoms with Gasteiger partial charge in [-0.15, -0.1) is 0 Å². The maximum Gasteiger partial charge on any atom is 0.180 e. The van der Waals surface area contributed by atoms with E-state index in [0.717, 1.165) is 23.4 Å². The summed E-state index contributed by atoms with van der Waals surface area (Å²) < 4.78 is 45.6. The fraction of sp³-hybridized carbons (Fsp3) is 0.241. The molecule has 0 saturated carbocycles. The van der Waals surface area contributed by atoms with E-state index in [-0.39, 0.29) is 29.4 Å². The van der Waals surface area contributed by atoms with Crippen molar-refractivity contribution in [2.45, 2.75) is 26.2 Å². The summed E-state index contributed by atoms with van der Waals surface area (Å²) in [6, 6.07) is 12.9. The maximum atomic E-state index is 14.6. The van der Waals surface area contributed by atoms with Crippen LogP contribution < -0.4 is 15.4 Å². The van der Waals surface area contributed by atoms with Crippen LogP contribution in [-0.2, 0) is 22.4 Å². The monoisotopic (exact) mass is 546 g/mol. The number of rotatable bonds is 11. The molecule has 9 nitrogen and oxygen atoms in total. The molecule has 1 fully saturated rings. The zero-order valence-corrected chi connectivity index (χ0v) is 21.8. The molecule has 0 amide bonds. The van der Waals surface area contributed by atoms with Crippen LogP contribution in [0.4, 0.5) is 26.0 Å². The first-order valence-corrected chi connectivity index (χ1v) is 12.8. The summed E-state index contributed by atoms with van der Waals surface area (Å²) in [4.78, 5) is 13.2. The average molecular weight is 547 g/mol. The second kappa shape index (κ2) is 12.6. The number of anilines is 3. The lowest BCUT2D eigenvalue weighted by Gasteiger charge is -2.16. The molecule has 2 aromatic carbocycles. The topological polar surface area (TPSA) is 114 Å². The van der Waals surface area contributed by atoms with Crippen LogP contribution in [0.2, 0.25) is 0 Å². The Morgan fingerprint density at radius 1 is 1.07 bits per heavy atom. The molecule has 1 saturated heterocycles. The fourth-order valence-electron chi connectivity index (χ4n) is 4.22. The van der Waals surface area contributed by atoms with Crippen LogP contribution in [0.5, 0.6) is 5.75 Å². The third kappa shape index (κ3) is 6.38. The number of ether oxygens (including phenoxy) is 3. The highest BCUT2D eigenvalue weighted by Crippen LogP contribution is 2.26. The molecule has 0 unspecified atom stereocenters. The van der Waals surface area contributed by atoms with Crippen molar-refractivity contribution < 1.29 is 23.0 Å². The molecule has 0 radical (unpaired) electrons. The van der Waals surface area contributed by atoms with E-state index < -0.39 is 17.9 Å². The van der Waals surface area contributed by atoms with Gasteiger partial charge in [-0.3, -0.25) is 10.4 Å². The third-order valence-corrected chi connectivity index (χ3v) is 6.19. The van der Waals surface area contributed by atoms with Crippen molar-refractivity contribution in [3.8, 4) is 5.75 Å². The summed E-state index contributed by atoms with van der Waals surface area (Å²) in [6.07, 6.45) is 4.99. The van der Waals surface area contributed by atoms with Gasteiger partial charge >= 0.3 is 0 Å². The highest BCUT2D eigenvalue weighted by atomic mass is 19.1. The van der Waals surface area contributed by atoms with E-state index >= 15 is 0 Å². The van der Waals surface area contributed by atoms with Gasteiger partial charge < -0.3 is 24.8 Å². The van der Waals surface area contributed by atoms with Crippen LogP contribution in [0, 0.1) is 17.0 Å². The molecule has 11 heteroatoms. The predicted molar refractivity (Wildman–Crippen MR) is 146 cm³/mol. The van der Waals surface area contributed by atoms with Gasteiger partial charge in [0.15, 0.2) is 12.1 Å². The van der Waals surface area contributed by atoms with E-state index in [1.165, 1.54) is 0 Å². The second-order valence-corrected chi connectivity index (χ2v) is 8.88. The van der Waals surface area contributed by atoms with Gasteiger partial charge in [0.1, 0.15) is 28.9 Å². The van der Waals surface area contributed by atoms with Gasteiger partial charge in [-0.05, 0) is 25.1 Å². The largest absolute Gasteiger partial charge is 0.494 e. The van der Waals surface area contributed by atoms with Crippen molar-refractivity contribution >= 4 is 22.9 Å². The summed E-state index contributed by atoms with van der Waals surface area (Å²) in [5, 5.41) is 15.2. The molecule has 3 N–H and O–H groups in total. The number of halogens is 2. The van der Waals surface area contributed by atoms with Crippen molar-refractivity contribution in [3.05, 3.63) is 101 Å². The number of aromatic nitrogens is 3. The van der Waals surface area contributed by atoms with Crippen molar-refractivity contribution in [1.29, 1.82) is 5.41 Å². The number of nitrogens with zero attached hydrogens (tertiary/aromatic N) is 3. The molecular formula is C29H28F2N6O3. The Morgan fingerprint density at radius 3 is 2.52 bits per heavy atom. The van der Waals surface area contributed by atoms with Crippen LogP contribution >= 0.6 is 0 Å². The molecule has 0 spiro atoms. The minimum absolute atomic E-state index is 0.0356. The molecular weight excluding hydrogens is 518 g/mol. The van der Waals surface area contributed by atoms with Crippen LogP contribution in [0.1, 0.15) is 29.4 Å². The molecule has 0 bridgehead atoms. The second-order valence-electron chi connectivity index (χ2n) is 8.88. The molecule has 1 aliphatic rings. The van der Waals surface area contributed by atoms with E-state index in [4.69, 9.17) is 19.6 Å². The van der Waals surface area contributed by atoms with Crippen LogP contribution in [0.15, 0.2) is 67.1 Å². The Hall–Kier alpha value is -4.48. The van der Waals surface area contributed by atoms with E-state index in [0.29, 0.717) is 43.3 Å². The maximum absolute atomic E-state index is 14.6. The summed E-state index contributed by atoms with van der Waals surface area (Å²) in [7, 11) is 0. The normalized spacial score (nSPS) is 13.3. The molecule has 5 rings (SSSR count). The van der Waals surface area contributed by atoms with Crippen LogP contribution in [0.25, 0.3) is 0 Å². The first-order chi connectivity index (χ1) is 19.5. The third-order valence-electron chi connectivity index (χ3n) is 6.19. The quantitative estimate of drug-likeness (QED) is 0.219. The lowest BCUT2D eigenvalue weighted by atomic mass is 10.1. The predicted octanol–water partition coefficient (Wildman–Crippen LogP) is 5.24. The van der Waals surface area contributed by atoms with Crippen molar-refractivity contribution in [2.75, 3.05) is 30.5 Å². The number of hydrogen-bond donors (Lipinski definition) is 3. The number of benzene rings is 2. The lowest BCUT2D eigenvalue weighted by Crippen LogP contribution is -2.17. The molecule has 40 heavy (non-hydrogen) atoms. The van der Waals surface area contributed by atoms with Crippen LogP contribution in [0.3, 0.4) is 0 Å². The molecule has 3 heterocycles. The van der Waals surface area contributed by atoms with E-state index in [9.17, 15) is 8.78 Å². The van der Waals surface area contributed by atoms with Gasteiger partial charge in [0, 0.05) is 71.8 Å². The Balaban J connectivity index is 1.40. The smallest absolute Gasteiger partial charge is 0.180 e. The minimum Gasteiger partial charge on any atom is -0.494 e. The summed E-state index contributed by atoms with van der Waals surface area (Å²) in [5.74, 6) is -0.634. The van der Waals surface area contributed by atoms with Crippen molar-refractivity contribution in [2.24, 2.45) is 0 Å². The number of para-hydroxylation sites is 1. The molecule has 1 aliphatic heterocycles. The SMILES string of the molecule is CCOc1cc(F)c(CNc2ccccc2C(=N)c2ncc(CC3OCCO3)c(Nc3ccncc3)n2)c(F)c1. The standard InChI is InChI=1S/C29H28F2N6O3/c1-2-38-20-14-23(30)22(24(31)15-20)17-34-25-6-4-3-5-21(25)27(32)29-35-16-18(13-26-39-11-12-40-26)28(37-29)36-19-7-9-33-10-8-19/h3-10,14-16,26,32,34H,2,11-13,17H2,1H3,(H,33,35,36,37). The van der Waals surface area contributed by atoms with E-state index in [2.05, 4.69) is 25.6 Å². The molecule has 0 atom stereocenters. The molecule has 206 valence electrons. The summed E-state index contributed by atoms with van der Waals surface area (Å²) in [5.41, 5.74) is 2.40. The van der Waals surface area contributed by atoms with Crippen molar-refractivity contribution in [3.63, 3.8) is 0 Å². The van der Waals surface area contributed by atoms with Gasteiger partial charge in [-0.2, -0.15) is 0 Å². The first-order valence-electron chi connectivity index (χ1n) is 12.8. The van der Waals surface area contributed by atoms with Gasteiger partial charge in [0.25, 0.3) is 0 Å². The molecule has 0 aliphatic carbocycles. The number of hydrogen-bond acceptors (Lipinski definition) is 9. The van der Waals surface area contributed by atoms with E-state index in [1.807, 2.05) is 0 Å². The average Bonchev–Trinajstić information content (AvgIpc) is 3.47. The Morgan fingerprint density at radius 2 is 1.80 bits per heavy atom. The lowest BCUT2D eigenvalue weighted by molar-refractivity contribution is -0.0399. The Kier molecular flexibility index (Phi) is 8.53. The highest BCUT2D eigenvalue weighted by molar-refractivity contribution is 6.12. The molecule has 2 aromatic heterocycles. The summed E-state index contributed by atoms with van der Waals surface area (Å²) in [6.45, 7) is 2.96. The van der Waals surface area contributed by atoms with Gasteiger partial charge in [-0.25, -0.2) is 18.7 Å². The molecule has 4 aromatic rings. The van der Waals surface area contributed by atoms with Gasteiger partial charge in [0.05, 0.1) is 19.8 Å². The van der Waals surface area contributed by atoms with E-state index in [1.54, 1.807) is 61.9 Å². The fourth-order valence-corrected chi connectivity index (χ4v) is 4.22. The first kappa shape index (κ1) is 27.1. The zero-order valence-electron chi connectivity index (χ0n) is 21.8. The zero-order chi connectivity index (χ0) is 27.9. The van der Waals surface area contributed by atoms with Gasteiger partial charge in [-0.1, -0.05) is 18.2 Å². The highest BCUT2D eigenvalue weighted by Gasteiger charge is 2.21. The summed E-state index contributed by atoms with van der Waals surface area (Å²) >= 11 is 0. The number of nitrogens with one attached hydrogen (secondary N) is 3. The van der Waals surface area contributed by atoms with Gasteiger partial charge in [0.2, 0.25) is 0 Å². The Bertz CT molecular complexity index is 1460. The minimum atomic E-state index is -0.718. The van der Waals surface area contributed by atoms with Crippen LogP contribution in [-0.4, -0.2) is 46.8 Å². The number of pyridine rings is 1. The van der Waals surface area contributed by atoms with Crippen molar-refractivity contribution in [1.82, 2.24) is 15.0 Å². The Labute approximate surface area is 230 Å².